The maximum absolute atomic E-state index is 13.5. The zero-order valence-electron chi connectivity index (χ0n) is 16.6. The number of H-pyrrole nitrogens is 1. The molecule has 0 aliphatic carbocycles. The molecule has 1 aromatic heterocycles. The molecule has 1 aromatic carbocycles. The lowest BCUT2D eigenvalue weighted by atomic mass is 9.75. The molecule has 0 radical (unpaired) electrons. The molecule has 0 saturated carbocycles. The number of hydrogen-bond acceptors (Lipinski definition) is 3. The third-order valence-corrected chi connectivity index (χ3v) is 7.37. The zero-order chi connectivity index (χ0) is 19.4. The largest absolute Gasteiger partial charge is 0.363 e. The fraction of sp³-hybridized carbons (Fsp3) is 0.522. The molecule has 6 rings (SSSR count). The standard InChI is InChI=1S/C23H28FN3O/c1-14-11-25-20(15(2)23(14)28)13-27-12-19(16-3-5-18(24)6-4-16)22-21(27)17-7-9-26(22)10-8-17/h3-6,11,17,19,21-22H,7-10,12-13H2,1-2H3,(H,25,28)/t19-,21+,22+/m0/s1. The normalized spacial score (nSPS) is 31.9. The van der Waals surface area contributed by atoms with E-state index in [1.54, 1.807) is 12.1 Å². The van der Waals surface area contributed by atoms with Crippen molar-refractivity contribution in [3.05, 3.63) is 68.9 Å². The Bertz CT molecular complexity index is 930. The number of hydrogen-bond donors (Lipinski definition) is 1. The lowest BCUT2D eigenvalue weighted by molar-refractivity contribution is -0.00903. The summed E-state index contributed by atoms with van der Waals surface area (Å²) in [5.41, 5.74) is 4.02. The van der Waals surface area contributed by atoms with E-state index in [4.69, 9.17) is 0 Å². The summed E-state index contributed by atoms with van der Waals surface area (Å²) in [5, 5.41) is 0. The van der Waals surface area contributed by atoms with Crippen LogP contribution in [0.2, 0.25) is 0 Å². The van der Waals surface area contributed by atoms with Crippen LogP contribution in [0.1, 0.15) is 41.1 Å². The molecule has 148 valence electrons. The molecule has 5 heteroatoms. The Labute approximate surface area is 165 Å². The Balaban J connectivity index is 1.49. The molecule has 5 heterocycles. The second-order valence-corrected chi connectivity index (χ2v) is 8.85. The number of nitrogens with zero attached hydrogens (tertiary/aromatic N) is 2. The average Bonchev–Trinajstić information content (AvgIpc) is 3.11. The molecule has 2 aromatic rings. The summed E-state index contributed by atoms with van der Waals surface area (Å²) in [6.07, 6.45) is 4.36. The molecule has 2 bridgehead atoms. The third kappa shape index (κ3) is 2.83. The average molecular weight is 381 g/mol. The first-order valence-electron chi connectivity index (χ1n) is 10.4. The van der Waals surface area contributed by atoms with Gasteiger partial charge in [0.05, 0.1) is 0 Å². The van der Waals surface area contributed by atoms with E-state index in [0.717, 1.165) is 35.8 Å². The highest BCUT2D eigenvalue weighted by Gasteiger charge is 2.53. The molecule has 4 aliphatic heterocycles. The fourth-order valence-corrected chi connectivity index (χ4v) is 5.89. The smallest absolute Gasteiger partial charge is 0.187 e. The number of aryl methyl sites for hydroxylation is 1. The second-order valence-electron chi connectivity index (χ2n) is 8.85. The first kappa shape index (κ1) is 18.1. The third-order valence-electron chi connectivity index (χ3n) is 7.37. The first-order chi connectivity index (χ1) is 13.5. The highest BCUT2D eigenvalue weighted by atomic mass is 19.1. The monoisotopic (exact) mass is 381 g/mol. The van der Waals surface area contributed by atoms with Gasteiger partial charge in [0.25, 0.3) is 0 Å². The van der Waals surface area contributed by atoms with Crippen LogP contribution >= 0.6 is 0 Å². The van der Waals surface area contributed by atoms with Crippen molar-refractivity contribution in [2.75, 3.05) is 19.6 Å². The maximum atomic E-state index is 13.5. The number of aromatic nitrogens is 1. The number of benzene rings is 1. The van der Waals surface area contributed by atoms with Gasteiger partial charge in [0.15, 0.2) is 5.43 Å². The van der Waals surface area contributed by atoms with Gasteiger partial charge < -0.3 is 4.98 Å². The summed E-state index contributed by atoms with van der Waals surface area (Å²) < 4.78 is 13.5. The van der Waals surface area contributed by atoms with Crippen molar-refractivity contribution in [1.29, 1.82) is 0 Å². The number of halogens is 1. The van der Waals surface area contributed by atoms with E-state index in [9.17, 15) is 9.18 Å². The molecular weight excluding hydrogens is 353 g/mol. The lowest BCUT2D eigenvalue weighted by Gasteiger charge is -2.51. The second kappa shape index (κ2) is 6.82. The van der Waals surface area contributed by atoms with Crippen LogP contribution in [-0.2, 0) is 6.54 Å². The highest BCUT2D eigenvalue weighted by Crippen LogP contribution is 2.46. The van der Waals surface area contributed by atoms with E-state index < -0.39 is 0 Å². The van der Waals surface area contributed by atoms with Gasteiger partial charge in [-0.15, -0.1) is 0 Å². The predicted octanol–water partition coefficient (Wildman–Crippen LogP) is 3.19. The Hall–Kier alpha value is -1.98. The van der Waals surface area contributed by atoms with Gasteiger partial charge in [-0.3, -0.25) is 14.6 Å². The van der Waals surface area contributed by atoms with Crippen LogP contribution in [-0.4, -0.2) is 46.5 Å². The molecule has 3 atom stereocenters. The van der Waals surface area contributed by atoms with Gasteiger partial charge in [-0.05, 0) is 63.4 Å². The molecule has 4 saturated heterocycles. The number of nitrogens with one attached hydrogen (secondary N) is 1. The number of pyridine rings is 1. The van der Waals surface area contributed by atoms with E-state index in [2.05, 4.69) is 14.8 Å². The van der Waals surface area contributed by atoms with E-state index in [1.807, 2.05) is 32.2 Å². The molecule has 4 aliphatic rings. The van der Waals surface area contributed by atoms with Crippen LogP contribution < -0.4 is 5.43 Å². The molecule has 4 fully saturated rings. The van der Waals surface area contributed by atoms with Crippen molar-refractivity contribution in [3.63, 3.8) is 0 Å². The minimum absolute atomic E-state index is 0.147. The summed E-state index contributed by atoms with van der Waals surface area (Å²) in [5.74, 6) is 0.942. The number of aromatic amines is 1. The zero-order valence-corrected chi connectivity index (χ0v) is 16.6. The van der Waals surface area contributed by atoms with Crippen LogP contribution in [0.4, 0.5) is 4.39 Å². The van der Waals surface area contributed by atoms with Gasteiger partial charge in [-0.1, -0.05) is 12.1 Å². The van der Waals surface area contributed by atoms with Gasteiger partial charge in [-0.25, -0.2) is 4.39 Å². The van der Waals surface area contributed by atoms with Crippen molar-refractivity contribution in [2.24, 2.45) is 5.92 Å². The Morgan fingerprint density at radius 3 is 2.54 bits per heavy atom. The molecule has 1 N–H and O–H groups in total. The lowest BCUT2D eigenvalue weighted by Crippen LogP contribution is -2.60. The van der Waals surface area contributed by atoms with Crippen molar-refractivity contribution in [3.8, 4) is 0 Å². The van der Waals surface area contributed by atoms with Crippen molar-refractivity contribution >= 4 is 0 Å². The van der Waals surface area contributed by atoms with Crippen LogP contribution in [0.15, 0.2) is 35.3 Å². The quantitative estimate of drug-likeness (QED) is 0.888. The van der Waals surface area contributed by atoms with Crippen LogP contribution in [0, 0.1) is 25.6 Å². The topological polar surface area (TPSA) is 39.3 Å². The highest BCUT2D eigenvalue weighted by molar-refractivity contribution is 5.29. The van der Waals surface area contributed by atoms with Crippen LogP contribution in [0.25, 0.3) is 0 Å². The van der Waals surface area contributed by atoms with Gasteiger partial charge in [0, 0.05) is 54.1 Å². The molecule has 28 heavy (non-hydrogen) atoms. The van der Waals surface area contributed by atoms with Gasteiger partial charge in [-0.2, -0.15) is 0 Å². The minimum Gasteiger partial charge on any atom is -0.363 e. The number of likely N-dealkylation sites (tertiary alicyclic amines) is 1. The molecular formula is C23H28FN3O. The molecule has 4 nitrogen and oxygen atoms in total. The Morgan fingerprint density at radius 2 is 1.82 bits per heavy atom. The number of rotatable bonds is 3. The van der Waals surface area contributed by atoms with Gasteiger partial charge in [0.1, 0.15) is 5.82 Å². The number of piperidine rings is 3. The predicted molar refractivity (Wildman–Crippen MR) is 108 cm³/mol. The Morgan fingerprint density at radius 1 is 1.11 bits per heavy atom. The van der Waals surface area contributed by atoms with E-state index in [-0.39, 0.29) is 11.2 Å². The Kier molecular flexibility index (Phi) is 4.40. The minimum atomic E-state index is -0.173. The summed E-state index contributed by atoms with van der Waals surface area (Å²) in [6.45, 7) is 7.89. The first-order valence-corrected chi connectivity index (χ1v) is 10.4. The van der Waals surface area contributed by atoms with Crippen molar-refractivity contribution < 1.29 is 4.39 Å². The number of fused-ring (bicyclic) bond motifs is 2. The van der Waals surface area contributed by atoms with Crippen LogP contribution in [0.5, 0.6) is 0 Å². The van der Waals surface area contributed by atoms with E-state index >= 15 is 0 Å². The fourth-order valence-electron chi connectivity index (χ4n) is 5.89. The summed E-state index contributed by atoms with van der Waals surface area (Å²) >= 11 is 0. The van der Waals surface area contributed by atoms with E-state index in [0.29, 0.717) is 18.0 Å². The van der Waals surface area contributed by atoms with Gasteiger partial charge >= 0.3 is 0 Å². The summed E-state index contributed by atoms with van der Waals surface area (Å²) in [7, 11) is 0. The van der Waals surface area contributed by atoms with E-state index in [1.165, 1.54) is 31.5 Å². The molecule has 0 spiro atoms. The molecule has 0 amide bonds. The van der Waals surface area contributed by atoms with Gasteiger partial charge in [0.2, 0.25) is 0 Å². The maximum Gasteiger partial charge on any atom is 0.187 e. The van der Waals surface area contributed by atoms with Crippen molar-refractivity contribution in [1.82, 2.24) is 14.8 Å². The van der Waals surface area contributed by atoms with Crippen molar-refractivity contribution in [2.45, 2.75) is 51.2 Å². The SMILES string of the molecule is Cc1c[nH]c(CN2C[C@@H](c3ccc(F)cc3)[C@@H]3[C@H]2C2CCN3CC2)c(C)c1=O. The summed E-state index contributed by atoms with van der Waals surface area (Å²) in [4.78, 5) is 21.0. The van der Waals surface area contributed by atoms with Crippen LogP contribution in [0.3, 0.4) is 0 Å². The summed E-state index contributed by atoms with van der Waals surface area (Å²) in [6, 6.07) is 8.11. The molecule has 0 unspecified atom stereocenters.